The van der Waals surface area contributed by atoms with Crippen LogP contribution >= 0.6 is 0 Å². The van der Waals surface area contributed by atoms with Gasteiger partial charge in [0.25, 0.3) is 0 Å². The predicted molar refractivity (Wildman–Crippen MR) is 84.0 cm³/mol. The summed E-state index contributed by atoms with van der Waals surface area (Å²) in [6, 6.07) is 0.420. The summed E-state index contributed by atoms with van der Waals surface area (Å²) in [6.07, 6.45) is 16.0. The van der Waals surface area contributed by atoms with Crippen molar-refractivity contribution in [1.82, 2.24) is 4.90 Å². The molecule has 0 amide bonds. The van der Waals surface area contributed by atoms with E-state index < -0.39 is 5.97 Å². The van der Waals surface area contributed by atoms with Crippen LogP contribution in [-0.2, 0) is 4.79 Å². The van der Waals surface area contributed by atoms with Crippen molar-refractivity contribution in [2.24, 2.45) is 0 Å². The van der Waals surface area contributed by atoms with Crippen molar-refractivity contribution in [2.45, 2.75) is 76.7 Å². The van der Waals surface area contributed by atoms with E-state index in [-0.39, 0.29) is 6.54 Å². The lowest BCUT2D eigenvalue weighted by atomic mass is 9.97. The minimum absolute atomic E-state index is 0.149. The highest BCUT2D eigenvalue weighted by Crippen LogP contribution is 2.20. The normalized spacial score (nSPS) is 20.1. The summed E-state index contributed by atoms with van der Waals surface area (Å²) >= 11 is 0. The van der Waals surface area contributed by atoms with Gasteiger partial charge in [-0.1, -0.05) is 63.9 Å². The van der Waals surface area contributed by atoms with Crippen LogP contribution in [0.25, 0.3) is 0 Å². The van der Waals surface area contributed by atoms with Gasteiger partial charge in [-0.15, -0.1) is 6.58 Å². The van der Waals surface area contributed by atoms with Crippen molar-refractivity contribution in [3.05, 3.63) is 12.7 Å². The van der Waals surface area contributed by atoms with Gasteiger partial charge in [0, 0.05) is 12.6 Å². The molecule has 0 spiro atoms. The van der Waals surface area contributed by atoms with Crippen LogP contribution in [0, 0.1) is 0 Å². The third-order valence-corrected chi connectivity index (χ3v) is 4.29. The highest BCUT2D eigenvalue weighted by Gasteiger charge is 2.19. The summed E-state index contributed by atoms with van der Waals surface area (Å²) < 4.78 is 0. The van der Waals surface area contributed by atoms with Crippen molar-refractivity contribution < 1.29 is 9.90 Å². The van der Waals surface area contributed by atoms with Gasteiger partial charge in [0.2, 0.25) is 0 Å². The Morgan fingerprint density at radius 1 is 1.00 bits per heavy atom. The molecule has 1 aliphatic carbocycles. The molecule has 116 valence electrons. The van der Waals surface area contributed by atoms with Gasteiger partial charge in [-0.05, 0) is 12.8 Å². The monoisotopic (exact) mass is 281 g/mol. The average molecular weight is 281 g/mol. The van der Waals surface area contributed by atoms with E-state index in [9.17, 15) is 4.79 Å². The fraction of sp³-hybridized carbons (Fsp3) is 0.824. The van der Waals surface area contributed by atoms with Crippen LogP contribution in [0.5, 0.6) is 0 Å². The molecule has 3 heteroatoms. The van der Waals surface area contributed by atoms with Crippen LogP contribution in [0.3, 0.4) is 0 Å². The maximum Gasteiger partial charge on any atom is 0.317 e. The largest absolute Gasteiger partial charge is 0.480 e. The van der Waals surface area contributed by atoms with Crippen LogP contribution in [0.2, 0.25) is 0 Å². The first kappa shape index (κ1) is 17.2. The number of hydrogen-bond donors (Lipinski definition) is 1. The molecule has 0 atom stereocenters. The van der Waals surface area contributed by atoms with Gasteiger partial charge in [0.1, 0.15) is 0 Å². The Bertz CT molecular complexity index is 266. The third kappa shape index (κ3) is 7.68. The first-order valence-corrected chi connectivity index (χ1v) is 8.30. The van der Waals surface area contributed by atoms with Gasteiger partial charge in [-0.3, -0.25) is 9.69 Å². The van der Waals surface area contributed by atoms with Gasteiger partial charge in [-0.25, -0.2) is 0 Å². The molecular weight excluding hydrogens is 250 g/mol. The zero-order valence-electron chi connectivity index (χ0n) is 12.9. The Hall–Kier alpha value is -0.830. The second-order valence-electron chi connectivity index (χ2n) is 6.03. The number of rotatable bonds is 5. The molecule has 0 heterocycles. The first-order chi connectivity index (χ1) is 9.74. The van der Waals surface area contributed by atoms with Crippen molar-refractivity contribution in [3.8, 4) is 0 Å². The Morgan fingerprint density at radius 2 is 1.45 bits per heavy atom. The standard InChI is InChI=1S/C17H31NO2/c1-2-14-18(15-17(19)20)16-12-10-8-6-4-3-5-7-9-11-13-16/h2,16H,1,3-15H2,(H,19,20). The van der Waals surface area contributed by atoms with Gasteiger partial charge in [0.15, 0.2) is 0 Å². The number of carboxylic acid groups (broad SMARTS) is 1. The minimum Gasteiger partial charge on any atom is -0.480 e. The van der Waals surface area contributed by atoms with Gasteiger partial charge in [-0.2, -0.15) is 0 Å². The molecule has 3 nitrogen and oxygen atoms in total. The fourth-order valence-electron chi connectivity index (χ4n) is 3.19. The van der Waals surface area contributed by atoms with Crippen LogP contribution in [-0.4, -0.2) is 35.1 Å². The molecule has 1 saturated carbocycles. The van der Waals surface area contributed by atoms with E-state index in [1.165, 1.54) is 57.8 Å². The Labute approximate surface area is 124 Å². The Balaban J connectivity index is 2.53. The topological polar surface area (TPSA) is 40.5 Å². The van der Waals surface area contributed by atoms with Crippen molar-refractivity contribution in [3.63, 3.8) is 0 Å². The quantitative estimate of drug-likeness (QED) is 0.767. The van der Waals surface area contributed by atoms with Crippen molar-refractivity contribution >= 4 is 5.97 Å². The summed E-state index contributed by atoms with van der Waals surface area (Å²) in [7, 11) is 0. The molecule has 0 radical (unpaired) electrons. The number of nitrogens with zero attached hydrogens (tertiary/aromatic N) is 1. The van der Waals surface area contributed by atoms with Crippen molar-refractivity contribution in [1.29, 1.82) is 0 Å². The molecule has 1 aliphatic rings. The first-order valence-electron chi connectivity index (χ1n) is 8.30. The lowest BCUT2D eigenvalue weighted by Crippen LogP contribution is -2.39. The predicted octanol–water partition coefficient (Wildman–Crippen LogP) is 4.23. The lowest BCUT2D eigenvalue weighted by Gasteiger charge is -2.30. The molecule has 0 aromatic heterocycles. The molecule has 0 aliphatic heterocycles. The van der Waals surface area contributed by atoms with Gasteiger partial charge >= 0.3 is 5.97 Å². The lowest BCUT2D eigenvalue weighted by molar-refractivity contribution is -0.138. The van der Waals surface area contributed by atoms with E-state index in [4.69, 9.17) is 5.11 Å². The maximum absolute atomic E-state index is 11.0. The van der Waals surface area contributed by atoms with E-state index >= 15 is 0 Å². The van der Waals surface area contributed by atoms with E-state index in [0.29, 0.717) is 12.6 Å². The van der Waals surface area contributed by atoms with E-state index in [1.807, 2.05) is 6.08 Å². The highest BCUT2D eigenvalue weighted by molar-refractivity contribution is 5.69. The number of aliphatic carboxylic acids is 1. The molecule has 0 bridgehead atoms. The summed E-state index contributed by atoms with van der Waals surface area (Å²) in [5, 5.41) is 9.07. The molecule has 1 fully saturated rings. The molecule has 0 aromatic rings. The zero-order valence-corrected chi connectivity index (χ0v) is 12.9. The second-order valence-corrected chi connectivity index (χ2v) is 6.03. The molecule has 0 saturated heterocycles. The number of carboxylic acids is 1. The summed E-state index contributed by atoms with van der Waals surface area (Å²) in [6.45, 7) is 4.61. The molecule has 1 rings (SSSR count). The maximum atomic E-state index is 11.0. The van der Waals surface area contributed by atoms with Gasteiger partial charge < -0.3 is 5.11 Å². The van der Waals surface area contributed by atoms with Crippen LogP contribution in [0.4, 0.5) is 0 Å². The molecule has 0 unspecified atom stereocenters. The summed E-state index contributed by atoms with van der Waals surface area (Å²) in [5.74, 6) is -0.724. The van der Waals surface area contributed by atoms with E-state index in [2.05, 4.69) is 11.5 Å². The summed E-state index contributed by atoms with van der Waals surface area (Å²) in [4.78, 5) is 13.1. The van der Waals surface area contributed by atoms with Crippen LogP contribution in [0.1, 0.15) is 70.6 Å². The highest BCUT2D eigenvalue weighted by atomic mass is 16.4. The number of hydrogen-bond acceptors (Lipinski definition) is 2. The van der Waals surface area contributed by atoms with Crippen LogP contribution < -0.4 is 0 Å². The molecule has 0 aromatic carbocycles. The Morgan fingerprint density at radius 3 is 1.85 bits per heavy atom. The zero-order chi connectivity index (χ0) is 14.6. The minimum atomic E-state index is -0.724. The molecule has 1 N–H and O–H groups in total. The van der Waals surface area contributed by atoms with Crippen LogP contribution in [0.15, 0.2) is 12.7 Å². The van der Waals surface area contributed by atoms with E-state index in [1.54, 1.807) is 0 Å². The van der Waals surface area contributed by atoms with E-state index in [0.717, 1.165) is 12.8 Å². The average Bonchev–Trinajstić information content (AvgIpc) is 2.38. The van der Waals surface area contributed by atoms with Gasteiger partial charge in [0.05, 0.1) is 6.54 Å². The Kier molecular flexibility index (Phi) is 9.38. The molecule has 20 heavy (non-hydrogen) atoms. The summed E-state index contributed by atoms with van der Waals surface area (Å²) in [5.41, 5.74) is 0. The SMILES string of the molecule is C=CCN(CC(=O)O)C1CCCCCCCCCCC1. The third-order valence-electron chi connectivity index (χ3n) is 4.29. The second kappa shape index (κ2) is 10.9. The number of carbonyl (C=O) groups is 1. The smallest absolute Gasteiger partial charge is 0.317 e. The van der Waals surface area contributed by atoms with Crippen molar-refractivity contribution in [2.75, 3.05) is 13.1 Å². The fourth-order valence-corrected chi connectivity index (χ4v) is 3.19. The molecular formula is C17H31NO2.